The quantitative estimate of drug-likeness (QED) is 0.921. The van der Waals surface area contributed by atoms with Crippen molar-refractivity contribution in [2.45, 2.75) is 51.5 Å². The number of aliphatic hydroxyl groups is 1. The van der Waals surface area contributed by atoms with Gasteiger partial charge in [0.2, 0.25) is 0 Å². The van der Waals surface area contributed by atoms with Crippen LogP contribution in [0.5, 0.6) is 0 Å². The van der Waals surface area contributed by atoms with E-state index >= 15 is 0 Å². The van der Waals surface area contributed by atoms with Crippen LogP contribution >= 0.6 is 11.3 Å². The molecule has 1 N–H and O–H groups in total. The van der Waals surface area contributed by atoms with Crippen LogP contribution < -0.4 is 0 Å². The monoisotopic (exact) mass is 280 g/mol. The molecular formula is C15H24N2OS. The normalized spacial score (nSPS) is 29.4. The summed E-state index contributed by atoms with van der Waals surface area (Å²) < 4.78 is 0. The third kappa shape index (κ3) is 3.01. The van der Waals surface area contributed by atoms with Gasteiger partial charge >= 0.3 is 0 Å². The van der Waals surface area contributed by atoms with Crippen LogP contribution in [-0.2, 0) is 6.54 Å². The Hall–Kier alpha value is -0.450. The Kier molecular flexibility index (Phi) is 3.92. The second-order valence-corrected chi connectivity index (χ2v) is 7.72. The molecule has 0 spiro atoms. The smallest absolute Gasteiger partial charge is 0.0959 e. The van der Waals surface area contributed by atoms with Gasteiger partial charge in [-0.3, -0.25) is 4.90 Å². The minimum Gasteiger partial charge on any atom is -0.396 e. The van der Waals surface area contributed by atoms with Gasteiger partial charge in [0.05, 0.1) is 5.01 Å². The van der Waals surface area contributed by atoms with Crippen LogP contribution in [0.15, 0.2) is 6.20 Å². The van der Waals surface area contributed by atoms with Crippen LogP contribution in [0.25, 0.3) is 0 Å². The molecule has 2 heterocycles. The number of piperidine rings is 1. The highest BCUT2D eigenvalue weighted by atomic mass is 32.1. The minimum absolute atomic E-state index is 0.0970. The van der Waals surface area contributed by atoms with Crippen molar-refractivity contribution in [1.29, 1.82) is 0 Å². The fraction of sp³-hybridized carbons (Fsp3) is 0.800. The summed E-state index contributed by atoms with van der Waals surface area (Å²) in [4.78, 5) is 8.48. The Labute approximate surface area is 119 Å². The lowest BCUT2D eigenvalue weighted by Gasteiger charge is -2.39. The third-order valence-corrected chi connectivity index (χ3v) is 5.79. The van der Waals surface area contributed by atoms with Gasteiger partial charge in [-0.05, 0) is 32.2 Å². The molecule has 1 aromatic rings. The average Bonchev–Trinajstić information content (AvgIpc) is 2.75. The van der Waals surface area contributed by atoms with Crippen LogP contribution in [0.4, 0.5) is 0 Å². The van der Waals surface area contributed by atoms with Crippen LogP contribution in [-0.4, -0.2) is 34.7 Å². The molecule has 1 aliphatic carbocycles. The van der Waals surface area contributed by atoms with Gasteiger partial charge in [-0.25, -0.2) is 4.98 Å². The molecule has 1 saturated carbocycles. The van der Waals surface area contributed by atoms with Crippen molar-refractivity contribution in [2.75, 3.05) is 19.7 Å². The van der Waals surface area contributed by atoms with E-state index in [-0.39, 0.29) is 5.41 Å². The second-order valence-electron chi connectivity index (χ2n) is 6.58. The van der Waals surface area contributed by atoms with Gasteiger partial charge in [0.25, 0.3) is 0 Å². The van der Waals surface area contributed by atoms with Crippen LogP contribution in [0.1, 0.15) is 54.8 Å². The maximum absolute atomic E-state index is 9.51. The Bertz CT molecular complexity index is 430. The summed E-state index contributed by atoms with van der Waals surface area (Å²) >= 11 is 1.90. The first-order chi connectivity index (χ1) is 9.18. The molecule has 3 rings (SSSR count). The van der Waals surface area contributed by atoms with Crippen molar-refractivity contribution in [3.8, 4) is 0 Å². The number of hydrogen-bond acceptors (Lipinski definition) is 4. The Morgan fingerprint density at radius 2 is 2.32 bits per heavy atom. The molecule has 1 atom stereocenters. The maximum Gasteiger partial charge on any atom is 0.0959 e. The minimum atomic E-state index is 0.0970. The van der Waals surface area contributed by atoms with Gasteiger partial charge in [-0.2, -0.15) is 0 Å². The van der Waals surface area contributed by atoms with E-state index in [1.54, 1.807) is 0 Å². The highest BCUT2D eigenvalue weighted by Crippen LogP contribution is 2.38. The van der Waals surface area contributed by atoms with Gasteiger partial charge < -0.3 is 5.11 Å². The molecule has 1 saturated heterocycles. The molecule has 4 heteroatoms. The summed E-state index contributed by atoms with van der Waals surface area (Å²) in [7, 11) is 0. The summed E-state index contributed by atoms with van der Waals surface area (Å²) in [5.74, 6) is 0.753. The average molecular weight is 280 g/mol. The number of likely N-dealkylation sites (tertiary alicyclic amines) is 1. The van der Waals surface area contributed by atoms with Gasteiger partial charge in [-0.1, -0.05) is 13.3 Å². The predicted octanol–water partition coefficient (Wildman–Crippen LogP) is 3.01. The van der Waals surface area contributed by atoms with E-state index in [9.17, 15) is 5.11 Å². The van der Waals surface area contributed by atoms with E-state index in [2.05, 4.69) is 23.0 Å². The van der Waals surface area contributed by atoms with E-state index < -0.39 is 0 Å². The molecule has 0 bridgehead atoms. The van der Waals surface area contributed by atoms with E-state index in [1.807, 2.05) is 11.3 Å². The zero-order valence-electron chi connectivity index (χ0n) is 11.8. The second kappa shape index (κ2) is 5.51. The topological polar surface area (TPSA) is 36.4 Å². The molecule has 2 fully saturated rings. The fourth-order valence-corrected chi connectivity index (χ4v) is 4.28. The molecular weight excluding hydrogens is 256 g/mol. The zero-order chi connectivity index (χ0) is 13.3. The number of rotatable bonds is 4. The number of hydrogen-bond donors (Lipinski definition) is 1. The van der Waals surface area contributed by atoms with Crippen molar-refractivity contribution < 1.29 is 5.11 Å². The maximum atomic E-state index is 9.51. The van der Waals surface area contributed by atoms with Gasteiger partial charge in [-0.15, -0.1) is 11.3 Å². The predicted molar refractivity (Wildman–Crippen MR) is 78.4 cm³/mol. The molecule has 1 aliphatic heterocycles. The van der Waals surface area contributed by atoms with Gasteiger partial charge in [0.1, 0.15) is 0 Å². The van der Waals surface area contributed by atoms with Crippen LogP contribution in [0.3, 0.4) is 0 Å². The van der Waals surface area contributed by atoms with Gasteiger partial charge in [0.15, 0.2) is 0 Å². The highest BCUT2D eigenvalue weighted by molar-refractivity contribution is 7.11. The summed E-state index contributed by atoms with van der Waals surface area (Å²) in [6.07, 6.45) is 8.46. The number of aromatic nitrogens is 1. The first-order valence-electron chi connectivity index (χ1n) is 7.46. The Morgan fingerprint density at radius 1 is 1.47 bits per heavy atom. The molecule has 3 nitrogen and oxygen atoms in total. The van der Waals surface area contributed by atoms with Crippen molar-refractivity contribution in [1.82, 2.24) is 9.88 Å². The number of aliphatic hydroxyl groups excluding tert-OH is 1. The summed E-state index contributed by atoms with van der Waals surface area (Å²) in [5.41, 5.74) is 0.0970. The van der Waals surface area contributed by atoms with Crippen molar-refractivity contribution in [3.05, 3.63) is 16.1 Å². The molecule has 19 heavy (non-hydrogen) atoms. The molecule has 0 aromatic carbocycles. The summed E-state index contributed by atoms with van der Waals surface area (Å²) in [5, 5.41) is 10.9. The van der Waals surface area contributed by atoms with Crippen molar-refractivity contribution in [3.63, 3.8) is 0 Å². The Morgan fingerprint density at radius 3 is 3.00 bits per heavy atom. The highest BCUT2D eigenvalue weighted by Gasteiger charge is 2.30. The SMILES string of the molecule is CC1(CO)CCCN(Cc2cnc(C3CCC3)s2)C1. The summed E-state index contributed by atoms with van der Waals surface area (Å²) in [6, 6.07) is 0. The number of nitrogens with zero attached hydrogens (tertiary/aromatic N) is 2. The first kappa shape index (κ1) is 13.5. The van der Waals surface area contributed by atoms with E-state index in [1.165, 1.54) is 35.6 Å². The molecule has 0 amide bonds. The largest absolute Gasteiger partial charge is 0.396 e. The lowest BCUT2D eigenvalue weighted by molar-refractivity contribution is 0.0434. The molecule has 1 aromatic heterocycles. The fourth-order valence-electron chi connectivity index (χ4n) is 3.15. The number of thiazole rings is 1. The standard InChI is InChI=1S/C15H24N2OS/c1-15(11-18)6-3-7-17(10-15)9-13-8-16-14(19-13)12-4-2-5-12/h8,12,18H,2-7,9-11H2,1H3. The summed E-state index contributed by atoms with van der Waals surface area (Å²) in [6.45, 7) is 5.69. The lowest BCUT2D eigenvalue weighted by atomic mass is 9.83. The lowest BCUT2D eigenvalue weighted by Crippen LogP contribution is -2.43. The first-order valence-corrected chi connectivity index (χ1v) is 8.28. The van der Waals surface area contributed by atoms with E-state index in [0.29, 0.717) is 6.61 Å². The molecule has 0 radical (unpaired) electrons. The van der Waals surface area contributed by atoms with Crippen LogP contribution in [0.2, 0.25) is 0 Å². The van der Waals surface area contributed by atoms with Crippen molar-refractivity contribution >= 4 is 11.3 Å². The molecule has 1 unspecified atom stereocenters. The zero-order valence-corrected chi connectivity index (χ0v) is 12.6. The van der Waals surface area contributed by atoms with Crippen LogP contribution in [0, 0.1) is 5.41 Å². The molecule has 106 valence electrons. The van der Waals surface area contributed by atoms with Crippen molar-refractivity contribution in [2.24, 2.45) is 5.41 Å². The van der Waals surface area contributed by atoms with Gasteiger partial charge in [0, 0.05) is 42.1 Å². The molecule has 2 aliphatic rings. The van der Waals surface area contributed by atoms with E-state index in [4.69, 9.17) is 0 Å². The third-order valence-electron chi connectivity index (χ3n) is 4.65. The Balaban J connectivity index is 1.59. The van der Waals surface area contributed by atoms with E-state index in [0.717, 1.165) is 32.0 Å².